The molecule has 2 N–H and O–H groups in total. The molecular weight excluding hydrogens is 221 g/mol. The van der Waals surface area contributed by atoms with Gasteiger partial charge in [0.05, 0.1) is 5.92 Å². The van der Waals surface area contributed by atoms with Crippen molar-refractivity contribution >= 4 is 5.91 Å². The summed E-state index contributed by atoms with van der Waals surface area (Å²) in [6.45, 7) is 1.65. The SMILES string of the molecule is O=C(NCCCC(F)(F)F)[C@H]1CCCNC1. The minimum absolute atomic E-state index is 0.0462. The minimum atomic E-state index is -4.13. The van der Waals surface area contributed by atoms with Gasteiger partial charge in [-0.05, 0) is 25.8 Å². The van der Waals surface area contributed by atoms with Crippen molar-refractivity contribution in [2.45, 2.75) is 31.9 Å². The molecule has 1 rings (SSSR count). The molecule has 1 fully saturated rings. The Balaban J connectivity index is 2.10. The van der Waals surface area contributed by atoms with Gasteiger partial charge in [0.1, 0.15) is 0 Å². The summed E-state index contributed by atoms with van der Waals surface area (Å²) in [6, 6.07) is 0. The Kier molecular flexibility index (Phi) is 5.05. The highest BCUT2D eigenvalue weighted by Crippen LogP contribution is 2.20. The van der Waals surface area contributed by atoms with Crippen LogP contribution in [0.15, 0.2) is 0 Å². The van der Waals surface area contributed by atoms with Gasteiger partial charge in [0.2, 0.25) is 5.91 Å². The second-order valence-electron chi connectivity index (χ2n) is 4.05. The van der Waals surface area contributed by atoms with Crippen LogP contribution in [0.5, 0.6) is 0 Å². The average Bonchev–Trinajstić information content (AvgIpc) is 2.24. The minimum Gasteiger partial charge on any atom is -0.356 e. The fourth-order valence-electron chi connectivity index (χ4n) is 1.72. The number of nitrogens with one attached hydrogen (secondary N) is 2. The molecule has 1 aliphatic heterocycles. The predicted octanol–water partition coefficient (Wildman–Crippen LogP) is 1.44. The van der Waals surface area contributed by atoms with E-state index in [4.69, 9.17) is 0 Å². The van der Waals surface area contributed by atoms with Crippen molar-refractivity contribution in [3.8, 4) is 0 Å². The highest BCUT2D eigenvalue weighted by atomic mass is 19.4. The molecule has 0 spiro atoms. The van der Waals surface area contributed by atoms with Gasteiger partial charge in [-0.2, -0.15) is 13.2 Å². The molecule has 0 aromatic heterocycles. The van der Waals surface area contributed by atoms with Crippen LogP contribution in [0.2, 0.25) is 0 Å². The second-order valence-corrected chi connectivity index (χ2v) is 4.05. The van der Waals surface area contributed by atoms with Crippen molar-refractivity contribution in [3.63, 3.8) is 0 Å². The lowest BCUT2D eigenvalue weighted by molar-refractivity contribution is -0.136. The third-order valence-corrected chi connectivity index (χ3v) is 2.60. The van der Waals surface area contributed by atoms with Crippen LogP contribution >= 0.6 is 0 Å². The number of amides is 1. The van der Waals surface area contributed by atoms with E-state index in [0.29, 0.717) is 6.54 Å². The molecule has 1 amide bonds. The van der Waals surface area contributed by atoms with Gasteiger partial charge in [-0.3, -0.25) is 4.79 Å². The van der Waals surface area contributed by atoms with Crippen LogP contribution in [0, 0.1) is 5.92 Å². The molecule has 16 heavy (non-hydrogen) atoms. The fraction of sp³-hybridized carbons (Fsp3) is 0.900. The summed E-state index contributed by atoms with van der Waals surface area (Å²) in [5.74, 6) is -0.214. The molecule has 0 aromatic carbocycles. The van der Waals surface area contributed by atoms with Gasteiger partial charge in [0.25, 0.3) is 0 Å². The van der Waals surface area contributed by atoms with Crippen LogP contribution in [0.3, 0.4) is 0 Å². The zero-order valence-electron chi connectivity index (χ0n) is 9.07. The lowest BCUT2D eigenvalue weighted by Gasteiger charge is -2.21. The standard InChI is InChI=1S/C10H17F3N2O/c11-10(12,13)4-2-6-15-9(16)8-3-1-5-14-7-8/h8,14H,1-7H2,(H,15,16)/t8-/m0/s1. The lowest BCUT2D eigenvalue weighted by Crippen LogP contribution is -2.40. The lowest BCUT2D eigenvalue weighted by atomic mass is 9.99. The molecule has 0 unspecified atom stereocenters. The second kappa shape index (κ2) is 6.08. The normalized spacial score (nSPS) is 21.8. The first kappa shape index (κ1) is 13.3. The number of hydrogen-bond acceptors (Lipinski definition) is 2. The molecule has 1 aliphatic rings. The van der Waals surface area contributed by atoms with E-state index in [9.17, 15) is 18.0 Å². The van der Waals surface area contributed by atoms with Crippen molar-refractivity contribution in [2.24, 2.45) is 5.92 Å². The first-order chi connectivity index (χ1) is 7.49. The van der Waals surface area contributed by atoms with E-state index in [2.05, 4.69) is 10.6 Å². The van der Waals surface area contributed by atoms with Crippen LogP contribution in [-0.2, 0) is 4.79 Å². The summed E-state index contributed by atoms with van der Waals surface area (Å²) in [4.78, 5) is 11.5. The molecule has 0 bridgehead atoms. The maximum atomic E-state index is 11.8. The summed E-state index contributed by atoms with van der Waals surface area (Å²) < 4.78 is 35.4. The fourth-order valence-corrected chi connectivity index (χ4v) is 1.72. The Bertz CT molecular complexity index is 225. The van der Waals surface area contributed by atoms with Crippen LogP contribution in [0.1, 0.15) is 25.7 Å². The maximum Gasteiger partial charge on any atom is 0.389 e. The molecule has 0 aliphatic carbocycles. The molecule has 94 valence electrons. The summed E-state index contributed by atoms with van der Waals surface area (Å²) in [7, 11) is 0. The molecule has 1 atom stereocenters. The largest absolute Gasteiger partial charge is 0.389 e. The highest BCUT2D eigenvalue weighted by Gasteiger charge is 2.26. The Morgan fingerprint density at radius 1 is 1.44 bits per heavy atom. The van der Waals surface area contributed by atoms with Gasteiger partial charge >= 0.3 is 6.18 Å². The van der Waals surface area contributed by atoms with Crippen molar-refractivity contribution in [2.75, 3.05) is 19.6 Å². The van der Waals surface area contributed by atoms with Gasteiger partial charge in [-0.1, -0.05) is 0 Å². The summed E-state index contributed by atoms with van der Waals surface area (Å²) in [6.07, 6.45) is -3.25. The number of carbonyl (C=O) groups excluding carboxylic acids is 1. The molecule has 0 radical (unpaired) electrons. The summed E-state index contributed by atoms with van der Waals surface area (Å²) in [5.41, 5.74) is 0. The first-order valence-electron chi connectivity index (χ1n) is 5.54. The van der Waals surface area contributed by atoms with Crippen molar-refractivity contribution < 1.29 is 18.0 Å². The topological polar surface area (TPSA) is 41.1 Å². The Morgan fingerprint density at radius 3 is 2.75 bits per heavy atom. The molecule has 1 saturated heterocycles. The zero-order chi connectivity index (χ0) is 12.0. The van der Waals surface area contributed by atoms with Crippen molar-refractivity contribution in [3.05, 3.63) is 0 Å². The smallest absolute Gasteiger partial charge is 0.356 e. The molecular formula is C10H17F3N2O. The summed E-state index contributed by atoms with van der Waals surface area (Å²) in [5, 5.41) is 5.64. The zero-order valence-corrected chi connectivity index (χ0v) is 9.07. The highest BCUT2D eigenvalue weighted by molar-refractivity contribution is 5.78. The van der Waals surface area contributed by atoms with E-state index >= 15 is 0 Å². The van der Waals surface area contributed by atoms with Crippen LogP contribution < -0.4 is 10.6 Å². The number of halogens is 3. The maximum absolute atomic E-state index is 11.8. The van der Waals surface area contributed by atoms with Crippen LogP contribution in [-0.4, -0.2) is 31.7 Å². The Hall–Kier alpha value is -0.780. The van der Waals surface area contributed by atoms with Gasteiger partial charge in [-0.15, -0.1) is 0 Å². The molecule has 0 saturated carbocycles. The van der Waals surface area contributed by atoms with E-state index in [1.807, 2.05) is 0 Å². The predicted molar refractivity (Wildman–Crippen MR) is 53.9 cm³/mol. The van der Waals surface area contributed by atoms with Gasteiger partial charge in [0, 0.05) is 19.5 Å². The third kappa shape index (κ3) is 5.34. The molecule has 6 heteroatoms. The van der Waals surface area contributed by atoms with Crippen LogP contribution in [0.4, 0.5) is 13.2 Å². The van der Waals surface area contributed by atoms with Crippen molar-refractivity contribution in [1.82, 2.24) is 10.6 Å². The number of alkyl halides is 3. The summed E-state index contributed by atoms with van der Waals surface area (Å²) >= 11 is 0. The monoisotopic (exact) mass is 238 g/mol. The van der Waals surface area contributed by atoms with E-state index in [0.717, 1.165) is 19.4 Å². The van der Waals surface area contributed by atoms with E-state index in [1.165, 1.54) is 0 Å². The Labute approximate surface area is 92.8 Å². The average molecular weight is 238 g/mol. The van der Waals surface area contributed by atoms with Crippen LogP contribution in [0.25, 0.3) is 0 Å². The van der Waals surface area contributed by atoms with E-state index < -0.39 is 12.6 Å². The number of rotatable bonds is 4. The van der Waals surface area contributed by atoms with Gasteiger partial charge in [0.15, 0.2) is 0 Å². The third-order valence-electron chi connectivity index (χ3n) is 2.60. The van der Waals surface area contributed by atoms with E-state index in [-0.39, 0.29) is 24.8 Å². The Morgan fingerprint density at radius 2 is 2.19 bits per heavy atom. The number of carbonyl (C=O) groups is 1. The van der Waals surface area contributed by atoms with E-state index in [1.54, 1.807) is 0 Å². The van der Waals surface area contributed by atoms with Gasteiger partial charge in [-0.25, -0.2) is 0 Å². The van der Waals surface area contributed by atoms with Crippen molar-refractivity contribution in [1.29, 1.82) is 0 Å². The first-order valence-corrected chi connectivity index (χ1v) is 5.54. The number of piperidine rings is 1. The quantitative estimate of drug-likeness (QED) is 0.728. The molecule has 3 nitrogen and oxygen atoms in total. The molecule has 0 aromatic rings. The molecule has 1 heterocycles. The number of hydrogen-bond donors (Lipinski definition) is 2. The van der Waals surface area contributed by atoms with Gasteiger partial charge < -0.3 is 10.6 Å².